The smallest absolute Gasteiger partial charge is 0.264 e. The Kier molecular flexibility index (Phi) is 9.72. The molecule has 3 rings (SSSR count). The molecular weight excluding hydrogens is 510 g/mol. The number of nitrogens with one attached hydrogen (secondary N) is 1. The van der Waals surface area contributed by atoms with Crippen LogP contribution in [0.1, 0.15) is 24.5 Å². The first-order valence-electron chi connectivity index (χ1n) is 12.1. The van der Waals surface area contributed by atoms with E-state index in [9.17, 15) is 18.0 Å². The number of halogens is 1. The van der Waals surface area contributed by atoms with Crippen molar-refractivity contribution in [1.82, 2.24) is 10.2 Å². The summed E-state index contributed by atoms with van der Waals surface area (Å²) in [6.07, 6.45) is 0.906. The Hall–Kier alpha value is -3.36. The molecule has 9 heteroatoms. The zero-order valence-electron chi connectivity index (χ0n) is 21.2. The fourth-order valence-corrected chi connectivity index (χ4v) is 5.76. The van der Waals surface area contributed by atoms with E-state index in [4.69, 9.17) is 11.6 Å². The third-order valence-corrected chi connectivity index (χ3v) is 8.21. The van der Waals surface area contributed by atoms with Crippen molar-refractivity contribution in [2.45, 2.75) is 37.6 Å². The molecule has 3 aromatic rings. The number of benzene rings is 3. The van der Waals surface area contributed by atoms with Crippen LogP contribution in [0, 0.1) is 6.92 Å². The number of amides is 2. The number of para-hydroxylation sites is 1. The molecule has 0 saturated carbocycles. The number of anilines is 1. The maximum absolute atomic E-state index is 13.8. The summed E-state index contributed by atoms with van der Waals surface area (Å²) >= 11 is 5.98. The second kappa shape index (κ2) is 12.7. The molecule has 0 fully saturated rings. The first kappa shape index (κ1) is 28.2. The van der Waals surface area contributed by atoms with Gasteiger partial charge in [-0.2, -0.15) is 0 Å². The zero-order chi connectivity index (χ0) is 27.0. The number of nitrogens with zero attached hydrogens (tertiary/aromatic N) is 2. The van der Waals surface area contributed by atoms with Crippen molar-refractivity contribution in [3.05, 3.63) is 95.0 Å². The number of carbonyl (C=O) groups is 2. The normalized spacial score (nSPS) is 12.0. The van der Waals surface area contributed by atoms with E-state index >= 15 is 0 Å². The van der Waals surface area contributed by atoms with Crippen LogP contribution in [0.2, 0.25) is 5.02 Å². The molecule has 1 N–H and O–H groups in total. The molecule has 0 bridgehead atoms. The van der Waals surface area contributed by atoms with E-state index in [0.29, 0.717) is 29.1 Å². The minimum absolute atomic E-state index is 0.0159. The fraction of sp³-hybridized carbons (Fsp3) is 0.286. The first-order valence-corrected chi connectivity index (χ1v) is 13.9. The second-order valence-electron chi connectivity index (χ2n) is 8.61. The lowest BCUT2D eigenvalue weighted by atomic mass is 10.1. The summed E-state index contributed by atoms with van der Waals surface area (Å²) in [7, 11) is -2.60. The number of likely N-dealkylation sites (N-methyl/N-ethyl adjacent to an activating group) is 1. The summed E-state index contributed by atoms with van der Waals surface area (Å²) in [5.74, 6) is -0.765. The SMILES string of the molecule is CCC(C(=O)NC)N(CCc1ccccc1)C(=O)CN(c1ccccc1C)S(=O)(=O)c1ccc(Cl)cc1. The lowest BCUT2D eigenvalue weighted by molar-refractivity contribution is -0.139. The average molecular weight is 542 g/mol. The van der Waals surface area contributed by atoms with Gasteiger partial charge in [-0.1, -0.05) is 67.1 Å². The van der Waals surface area contributed by atoms with Gasteiger partial charge in [0.2, 0.25) is 11.8 Å². The highest BCUT2D eigenvalue weighted by molar-refractivity contribution is 7.92. The highest BCUT2D eigenvalue weighted by Gasteiger charge is 2.33. The van der Waals surface area contributed by atoms with E-state index in [-0.39, 0.29) is 17.3 Å². The molecule has 1 atom stereocenters. The maximum atomic E-state index is 13.8. The molecule has 0 aliphatic rings. The molecule has 0 aliphatic carbocycles. The quantitative estimate of drug-likeness (QED) is 0.389. The minimum Gasteiger partial charge on any atom is -0.357 e. The van der Waals surface area contributed by atoms with E-state index in [2.05, 4.69) is 5.32 Å². The Morgan fingerprint density at radius 3 is 2.16 bits per heavy atom. The molecule has 7 nitrogen and oxygen atoms in total. The zero-order valence-corrected chi connectivity index (χ0v) is 22.8. The van der Waals surface area contributed by atoms with Gasteiger partial charge in [-0.25, -0.2) is 8.42 Å². The molecule has 1 unspecified atom stereocenters. The summed E-state index contributed by atoms with van der Waals surface area (Å²) in [5.41, 5.74) is 2.10. The largest absolute Gasteiger partial charge is 0.357 e. The monoisotopic (exact) mass is 541 g/mol. The van der Waals surface area contributed by atoms with Crippen LogP contribution in [0.4, 0.5) is 5.69 Å². The molecule has 0 aliphatic heterocycles. The van der Waals surface area contributed by atoms with Crippen LogP contribution in [0.3, 0.4) is 0 Å². The molecule has 37 heavy (non-hydrogen) atoms. The summed E-state index contributed by atoms with van der Waals surface area (Å²) in [6.45, 7) is 3.42. The number of hydrogen-bond acceptors (Lipinski definition) is 4. The van der Waals surface area contributed by atoms with E-state index in [1.165, 1.54) is 36.2 Å². The van der Waals surface area contributed by atoms with Crippen LogP contribution in [0.25, 0.3) is 0 Å². The van der Waals surface area contributed by atoms with Gasteiger partial charge in [0, 0.05) is 18.6 Å². The van der Waals surface area contributed by atoms with Crippen LogP contribution in [0.5, 0.6) is 0 Å². The third-order valence-electron chi connectivity index (χ3n) is 6.18. The standard InChI is InChI=1S/C28H32ClN3O4S/c1-4-25(28(34)30-3)31(19-18-22-11-6-5-7-12-22)27(33)20-32(26-13-9-8-10-21(26)2)37(35,36)24-16-14-23(29)15-17-24/h5-17,25H,4,18-20H2,1-3H3,(H,30,34). The van der Waals surface area contributed by atoms with Gasteiger partial charge in [0.1, 0.15) is 12.6 Å². The van der Waals surface area contributed by atoms with Gasteiger partial charge in [-0.15, -0.1) is 0 Å². The van der Waals surface area contributed by atoms with Gasteiger partial charge >= 0.3 is 0 Å². The van der Waals surface area contributed by atoms with Gasteiger partial charge < -0.3 is 10.2 Å². The lowest BCUT2D eigenvalue weighted by Gasteiger charge is -2.33. The predicted octanol–water partition coefficient (Wildman–Crippen LogP) is 4.44. The summed E-state index contributed by atoms with van der Waals surface area (Å²) in [4.78, 5) is 28.0. The van der Waals surface area contributed by atoms with Crippen LogP contribution in [-0.4, -0.2) is 51.3 Å². The highest BCUT2D eigenvalue weighted by atomic mass is 35.5. The van der Waals surface area contributed by atoms with Crippen LogP contribution in [-0.2, 0) is 26.0 Å². The van der Waals surface area contributed by atoms with Crippen LogP contribution < -0.4 is 9.62 Å². The fourth-order valence-electron chi connectivity index (χ4n) is 4.15. The van der Waals surface area contributed by atoms with E-state index < -0.39 is 28.5 Å². The number of hydrogen-bond donors (Lipinski definition) is 1. The summed E-state index contributed by atoms with van der Waals surface area (Å²) in [6, 6.07) is 21.7. The topological polar surface area (TPSA) is 86.8 Å². The predicted molar refractivity (Wildman–Crippen MR) is 147 cm³/mol. The third kappa shape index (κ3) is 6.90. The van der Waals surface area contributed by atoms with Gasteiger partial charge in [0.05, 0.1) is 10.6 Å². The van der Waals surface area contributed by atoms with Crippen LogP contribution in [0.15, 0.2) is 83.8 Å². The molecule has 196 valence electrons. The first-order chi connectivity index (χ1) is 17.7. The van der Waals surface area contributed by atoms with Gasteiger partial charge in [0.15, 0.2) is 0 Å². The maximum Gasteiger partial charge on any atom is 0.264 e. The highest BCUT2D eigenvalue weighted by Crippen LogP contribution is 2.28. The van der Waals surface area contributed by atoms with Crippen molar-refractivity contribution in [2.24, 2.45) is 0 Å². The Labute approximate surface area is 224 Å². The van der Waals surface area contributed by atoms with Gasteiger partial charge in [0.25, 0.3) is 10.0 Å². The van der Waals surface area contributed by atoms with E-state index in [1.54, 1.807) is 31.2 Å². The van der Waals surface area contributed by atoms with Crippen molar-refractivity contribution in [3.8, 4) is 0 Å². The Balaban J connectivity index is 2.01. The summed E-state index contributed by atoms with van der Waals surface area (Å²) < 4.78 is 28.7. The van der Waals surface area contributed by atoms with Crippen molar-refractivity contribution in [2.75, 3.05) is 24.4 Å². The Bertz CT molecular complexity index is 1310. The molecular formula is C28H32ClN3O4S. The molecule has 0 aromatic heterocycles. The van der Waals surface area contributed by atoms with Crippen molar-refractivity contribution < 1.29 is 18.0 Å². The van der Waals surface area contributed by atoms with Crippen LogP contribution >= 0.6 is 11.6 Å². The number of carbonyl (C=O) groups excluding carboxylic acids is 2. The molecule has 0 radical (unpaired) electrons. The van der Waals surface area contributed by atoms with E-state index in [0.717, 1.165) is 9.87 Å². The molecule has 0 spiro atoms. The Morgan fingerprint density at radius 1 is 0.946 bits per heavy atom. The average Bonchev–Trinajstić information content (AvgIpc) is 2.90. The molecule has 3 aromatic carbocycles. The van der Waals surface area contributed by atoms with Crippen molar-refractivity contribution >= 4 is 39.1 Å². The Morgan fingerprint density at radius 2 is 1.57 bits per heavy atom. The number of aryl methyl sites for hydroxylation is 1. The van der Waals surface area contributed by atoms with Crippen molar-refractivity contribution in [1.29, 1.82) is 0 Å². The van der Waals surface area contributed by atoms with Gasteiger partial charge in [-0.05, 0) is 61.2 Å². The molecule has 2 amide bonds. The van der Waals surface area contributed by atoms with Crippen molar-refractivity contribution in [3.63, 3.8) is 0 Å². The molecule has 0 heterocycles. The van der Waals surface area contributed by atoms with Gasteiger partial charge in [-0.3, -0.25) is 13.9 Å². The number of sulfonamides is 1. The molecule has 0 saturated heterocycles. The minimum atomic E-state index is -4.12. The summed E-state index contributed by atoms with van der Waals surface area (Å²) in [5, 5.41) is 3.03. The van der Waals surface area contributed by atoms with E-state index in [1.807, 2.05) is 37.3 Å². The second-order valence-corrected chi connectivity index (χ2v) is 10.9. The lowest BCUT2D eigenvalue weighted by Crippen LogP contribution is -2.52. The number of rotatable bonds is 11.